The first kappa shape index (κ1) is 26.1. The monoisotopic (exact) mass is 464 g/mol. The molecule has 0 aliphatic heterocycles. The Balaban J connectivity index is 1.70. The van der Waals surface area contributed by atoms with Gasteiger partial charge in [-0.05, 0) is 58.2 Å². The second kappa shape index (κ2) is 11.3. The minimum Gasteiger partial charge on any atom is -0.236 e. The average Bonchev–Trinajstić information content (AvgIpc) is 2.85. The lowest BCUT2D eigenvalue weighted by atomic mass is 9.99. The molecule has 0 bridgehead atoms. The highest BCUT2D eigenvalue weighted by atomic mass is 17.3. The van der Waals surface area contributed by atoms with Crippen molar-refractivity contribution in [2.45, 2.75) is 58.3 Å². The number of hydrogen-bond acceptors (Lipinski definition) is 6. The van der Waals surface area contributed by atoms with E-state index in [1.165, 1.54) is 0 Å². The SMILES string of the molecule is CC(C)(OOB(OOC(C)(C)c1ccccc1)OOC(C)(C)c1ccccc1)c1ccccc1. The zero-order valence-corrected chi connectivity index (χ0v) is 20.7. The predicted octanol–water partition coefficient (Wildman–Crippen LogP) is 6.62. The van der Waals surface area contributed by atoms with Crippen molar-refractivity contribution in [3.63, 3.8) is 0 Å². The van der Waals surface area contributed by atoms with Crippen molar-refractivity contribution in [3.8, 4) is 0 Å². The summed E-state index contributed by atoms with van der Waals surface area (Å²) in [6.45, 7) is 11.3. The molecule has 0 amide bonds. The lowest BCUT2D eigenvalue weighted by Gasteiger charge is -2.29. The second-order valence-corrected chi connectivity index (χ2v) is 9.46. The fourth-order valence-electron chi connectivity index (χ4n) is 3.19. The third-order valence-corrected chi connectivity index (χ3v) is 5.41. The Morgan fingerprint density at radius 1 is 0.412 bits per heavy atom. The molecule has 0 saturated carbocycles. The largest absolute Gasteiger partial charge is 0.725 e. The van der Waals surface area contributed by atoms with Gasteiger partial charge in [-0.15, -0.1) is 0 Å². The van der Waals surface area contributed by atoms with Crippen molar-refractivity contribution in [3.05, 3.63) is 108 Å². The lowest BCUT2D eigenvalue weighted by molar-refractivity contribution is -0.406. The molecule has 3 rings (SSSR count). The third kappa shape index (κ3) is 7.24. The topological polar surface area (TPSA) is 55.4 Å². The van der Waals surface area contributed by atoms with Crippen LogP contribution in [0.25, 0.3) is 0 Å². The molecule has 7 heteroatoms. The van der Waals surface area contributed by atoms with Gasteiger partial charge in [0.2, 0.25) is 0 Å². The van der Waals surface area contributed by atoms with Gasteiger partial charge in [0.05, 0.1) is 0 Å². The molecule has 0 unspecified atom stereocenters. The molecule has 34 heavy (non-hydrogen) atoms. The normalized spacial score (nSPS) is 12.5. The maximum atomic E-state index is 5.71. The van der Waals surface area contributed by atoms with Crippen molar-refractivity contribution in [1.29, 1.82) is 0 Å². The highest BCUT2D eigenvalue weighted by Crippen LogP contribution is 2.29. The van der Waals surface area contributed by atoms with Crippen LogP contribution in [0.1, 0.15) is 58.2 Å². The van der Waals surface area contributed by atoms with Gasteiger partial charge < -0.3 is 0 Å². The number of benzene rings is 3. The predicted molar refractivity (Wildman–Crippen MR) is 131 cm³/mol. The van der Waals surface area contributed by atoms with Gasteiger partial charge in [-0.3, -0.25) is 0 Å². The number of hydrogen-bond donors (Lipinski definition) is 0. The van der Waals surface area contributed by atoms with Crippen LogP contribution in [-0.2, 0) is 45.9 Å². The molecule has 0 N–H and O–H groups in total. The van der Waals surface area contributed by atoms with Crippen LogP contribution in [0.3, 0.4) is 0 Å². The Morgan fingerprint density at radius 2 is 0.647 bits per heavy atom. The lowest BCUT2D eigenvalue weighted by Crippen LogP contribution is -2.37. The summed E-state index contributed by atoms with van der Waals surface area (Å²) in [6.07, 6.45) is 0. The Bertz CT molecular complexity index is 861. The molecular weight excluding hydrogens is 431 g/mol. The fourth-order valence-corrected chi connectivity index (χ4v) is 3.19. The fraction of sp³-hybridized carbons (Fsp3) is 0.333. The van der Waals surface area contributed by atoms with Gasteiger partial charge >= 0.3 is 7.32 Å². The van der Waals surface area contributed by atoms with E-state index in [9.17, 15) is 0 Å². The van der Waals surface area contributed by atoms with Gasteiger partial charge in [-0.1, -0.05) is 91.0 Å². The summed E-state index contributed by atoms with van der Waals surface area (Å²) in [4.78, 5) is 33.7. The molecule has 0 saturated heterocycles. The van der Waals surface area contributed by atoms with Gasteiger partial charge in [0.15, 0.2) is 0 Å². The smallest absolute Gasteiger partial charge is 0.236 e. The number of rotatable bonds is 12. The highest BCUT2D eigenvalue weighted by Gasteiger charge is 2.37. The van der Waals surface area contributed by atoms with E-state index in [0.29, 0.717) is 0 Å². The quantitative estimate of drug-likeness (QED) is 0.171. The van der Waals surface area contributed by atoms with E-state index in [2.05, 4.69) is 0 Å². The first-order valence-electron chi connectivity index (χ1n) is 11.3. The van der Waals surface area contributed by atoms with Crippen molar-refractivity contribution < 1.29 is 29.1 Å². The first-order chi connectivity index (χ1) is 16.1. The molecule has 0 radical (unpaired) electrons. The minimum atomic E-state index is -1.42. The van der Waals surface area contributed by atoms with Gasteiger partial charge in [0, 0.05) is 0 Å². The van der Waals surface area contributed by atoms with Crippen LogP contribution in [0.4, 0.5) is 0 Å². The van der Waals surface area contributed by atoms with Crippen LogP contribution in [0, 0.1) is 0 Å². The van der Waals surface area contributed by atoms with Crippen molar-refractivity contribution in [2.75, 3.05) is 0 Å². The highest BCUT2D eigenvalue weighted by molar-refractivity contribution is 6.35. The van der Waals surface area contributed by atoms with Crippen LogP contribution < -0.4 is 0 Å². The molecule has 0 aromatic heterocycles. The summed E-state index contributed by atoms with van der Waals surface area (Å²) in [6, 6.07) is 29.1. The standard InChI is InChI=1S/C27H33BO6/c1-25(2,22-16-10-7-11-17-22)29-32-28(33-30-26(3,4)23-18-12-8-13-19-23)34-31-27(5,6)24-20-14-9-15-21-24/h7-21H,1-6H3. The van der Waals surface area contributed by atoms with Crippen molar-refractivity contribution in [2.24, 2.45) is 0 Å². The van der Waals surface area contributed by atoms with Crippen molar-refractivity contribution in [1.82, 2.24) is 0 Å². The summed E-state index contributed by atoms with van der Waals surface area (Å²) in [5.74, 6) is 0. The van der Waals surface area contributed by atoms with E-state index in [1.807, 2.05) is 133 Å². The zero-order chi connectivity index (χ0) is 24.7. The summed E-state index contributed by atoms with van der Waals surface area (Å²) in [5, 5.41) is 0. The van der Waals surface area contributed by atoms with E-state index in [1.54, 1.807) is 0 Å². The van der Waals surface area contributed by atoms with Crippen LogP contribution in [0.15, 0.2) is 91.0 Å². The Labute approximate surface area is 202 Å². The summed E-state index contributed by atoms with van der Waals surface area (Å²) in [7, 11) is -1.42. The zero-order valence-electron chi connectivity index (χ0n) is 20.7. The summed E-state index contributed by atoms with van der Waals surface area (Å²) in [5.41, 5.74) is 0.419. The maximum Gasteiger partial charge on any atom is 0.725 e. The van der Waals surface area contributed by atoms with Crippen LogP contribution in [0.2, 0.25) is 0 Å². The molecule has 0 aliphatic rings. The molecule has 6 nitrogen and oxygen atoms in total. The molecule has 3 aromatic rings. The molecule has 0 heterocycles. The van der Waals surface area contributed by atoms with E-state index in [0.717, 1.165) is 16.7 Å². The summed E-state index contributed by atoms with van der Waals surface area (Å²) >= 11 is 0. The maximum absolute atomic E-state index is 5.71. The average molecular weight is 464 g/mol. The second-order valence-electron chi connectivity index (χ2n) is 9.46. The molecule has 0 fully saturated rings. The van der Waals surface area contributed by atoms with Gasteiger partial charge in [-0.25, -0.2) is 29.1 Å². The van der Waals surface area contributed by atoms with Gasteiger partial charge in [0.1, 0.15) is 16.8 Å². The van der Waals surface area contributed by atoms with E-state index in [4.69, 9.17) is 29.1 Å². The molecule has 3 aromatic carbocycles. The van der Waals surface area contributed by atoms with Crippen LogP contribution in [0.5, 0.6) is 0 Å². The Hall–Kier alpha value is -2.52. The van der Waals surface area contributed by atoms with E-state index < -0.39 is 24.1 Å². The first-order valence-corrected chi connectivity index (χ1v) is 11.3. The molecule has 0 atom stereocenters. The minimum absolute atomic E-state index is 0.782. The van der Waals surface area contributed by atoms with E-state index in [-0.39, 0.29) is 0 Å². The van der Waals surface area contributed by atoms with Crippen LogP contribution >= 0.6 is 0 Å². The Kier molecular flexibility index (Phi) is 8.65. The molecular formula is C27H33BO6. The summed E-state index contributed by atoms with van der Waals surface area (Å²) < 4.78 is 0. The molecule has 0 spiro atoms. The van der Waals surface area contributed by atoms with E-state index >= 15 is 0 Å². The van der Waals surface area contributed by atoms with Gasteiger partial charge in [0.25, 0.3) is 0 Å². The molecule has 180 valence electrons. The van der Waals surface area contributed by atoms with Crippen molar-refractivity contribution >= 4 is 7.32 Å². The third-order valence-electron chi connectivity index (χ3n) is 5.41. The van der Waals surface area contributed by atoms with Gasteiger partial charge in [-0.2, -0.15) is 0 Å². The Morgan fingerprint density at radius 3 is 0.882 bits per heavy atom. The molecule has 0 aliphatic carbocycles. The van der Waals surface area contributed by atoms with Crippen LogP contribution in [-0.4, -0.2) is 7.32 Å².